The number of benzene rings is 1. The molecule has 1 heterocycles. The molecule has 10 heteroatoms. The van der Waals surface area contributed by atoms with Gasteiger partial charge in [-0.1, -0.05) is 11.6 Å². The zero-order valence-electron chi connectivity index (χ0n) is 10.4. The van der Waals surface area contributed by atoms with Crippen LogP contribution in [0.3, 0.4) is 0 Å². The van der Waals surface area contributed by atoms with Gasteiger partial charge in [-0.2, -0.15) is 0 Å². The number of sulfonamides is 1. The molecule has 0 saturated heterocycles. The minimum Gasteiger partial charge on any atom is -0.395 e. The summed E-state index contributed by atoms with van der Waals surface area (Å²) in [5.41, 5.74) is 7.55. The Bertz CT molecular complexity index is 753. The largest absolute Gasteiger partial charge is 0.395 e. The Morgan fingerprint density at radius 1 is 1.52 bits per heavy atom. The predicted octanol–water partition coefficient (Wildman–Crippen LogP) is 2.80. The molecule has 114 valence electrons. The molecule has 0 saturated carbocycles. The van der Waals surface area contributed by atoms with Crippen molar-refractivity contribution in [1.29, 1.82) is 0 Å². The van der Waals surface area contributed by atoms with Crippen LogP contribution in [-0.2, 0) is 16.4 Å². The van der Waals surface area contributed by atoms with Gasteiger partial charge < -0.3 is 5.73 Å². The summed E-state index contributed by atoms with van der Waals surface area (Å²) in [6.07, 6.45) is 0.407. The number of nitrogens with zero attached hydrogens (tertiary/aromatic N) is 1. The second-order valence-electron chi connectivity index (χ2n) is 4.03. The van der Waals surface area contributed by atoms with E-state index < -0.39 is 20.7 Å². The second kappa shape index (κ2) is 6.57. The Labute approximate surface area is 138 Å². The summed E-state index contributed by atoms with van der Waals surface area (Å²) in [7, 11) is -4.04. The molecular formula is C11H10BrClFN3O2S2. The lowest BCUT2D eigenvalue weighted by Crippen LogP contribution is -2.27. The highest BCUT2D eigenvalue weighted by Gasteiger charge is 2.23. The van der Waals surface area contributed by atoms with Gasteiger partial charge in [0.2, 0.25) is 10.0 Å². The van der Waals surface area contributed by atoms with Gasteiger partial charge in [-0.25, -0.2) is 22.5 Å². The molecule has 3 N–H and O–H groups in total. The molecule has 1 aromatic carbocycles. The number of rotatable bonds is 5. The topological polar surface area (TPSA) is 85.1 Å². The van der Waals surface area contributed by atoms with Crippen molar-refractivity contribution >= 4 is 54.6 Å². The van der Waals surface area contributed by atoms with E-state index in [1.54, 1.807) is 5.51 Å². The van der Waals surface area contributed by atoms with Gasteiger partial charge >= 0.3 is 0 Å². The molecular weight excluding hydrogens is 405 g/mol. The lowest BCUT2D eigenvalue weighted by molar-refractivity contribution is 0.558. The highest BCUT2D eigenvalue weighted by atomic mass is 79.9. The fraction of sp³-hybridized carbons (Fsp3) is 0.182. The lowest BCUT2D eigenvalue weighted by atomic mass is 10.3. The summed E-state index contributed by atoms with van der Waals surface area (Å²) < 4.78 is 40.6. The molecule has 21 heavy (non-hydrogen) atoms. The predicted molar refractivity (Wildman–Crippen MR) is 84.5 cm³/mol. The van der Waals surface area contributed by atoms with E-state index >= 15 is 0 Å². The minimum absolute atomic E-state index is 0.0220. The fourth-order valence-corrected chi connectivity index (χ4v) is 3.85. The first-order valence-electron chi connectivity index (χ1n) is 5.62. The average molecular weight is 415 g/mol. The number of hydrogen-bond acceptors (Lipinski definition) is 5. The first-order valence-corrected chi connectivity index (χ1v) is 9.22. The van der Waals surface area contributed by atoms with Crippen LogP contribution in [0.25, 0.3) is 0 Å². The molecule has 2 rings (SSSR count). The van der Waals surface area contributed by atoms with Gasteiger partial charge in [0.25, 0.3) is 0 Å². The number of halogens is 3. The Morgan fingerprint density at radius 3 is 2.86 bits per heavy atom. The summed E-state index contributed by atoms with van der Waals surface area (Å²) in [4.78, 5) is 3.45. The molecule has 0 spiro atoms. The van der Waals surface area contributed by atoms with E-state index in [2.05, 4.69) is 25.6 Å². The van der Waals surface area contributed by atoms with Crippen molar-refractivity contribution < 1.29 is 12.8 Å². The number of nitrogens with one attached hydrogen (secondary N) is 1. The lowest BCUT2D eigenvalue weighted by Gasteiger charge is -2.10. The van der Waals surface area contributed by atoms with Crippen LogP contribution < -0.4 is 10.5 Å². The minimum atomic E-state index is -4.04. The van der Waals surface area contributed by atoms with Gasteiger partial charge in [-0.05, 0) is 22.0 Å². The summed E-state index contributed by atoms with van der Waals surface area (Å²) in [6.45, 7) is 0.0963. The maximum Gasteiger partial charge on any atom is 0.243 e. The van der Waals surface area contributed by atoms with Crippen molar-refractivity contribution in [2.24, 2.45) is 0 Å². The van der Waals surface area contributed by atoms with Crippen molar-refractivity contribution in [3.05, 3.63) is 38.0 Å². The summed E-state index contributed by atoms with van der Waals surface area (Å²) >= 11 is 10.2. The normalized spacial score (nSPS) is 11.8. The fourth-order valence-electron chi connectivity index (χ4n) is 1.55. The van der Waals surface area contributed by atoms with E-state index in [1.165, 1.54) is 11.3 Å². The molecule has 2 aromatic rings. The molecule has 0 aliphatic rings. The third-order valence-corrected chi connectivity index (χ3v) is 6.08. The van der Waals surface area contributed by atoms with Crippen LogP contribution in [0, 0.1) is 5.82 Å². The number of anilines is 1. The van der Waals surface area contributed by atoms with E-state index in [0.717, 1.165) is 11.8 Å². The summed E-state index contributed by atoms with van der Waals surface area (Å²) in [6, 6.07) is 1.02. The second-order valence-corrected chi connectivity index (χ2v) is 7.68. The number of nitrogens with two attached hydrogens (primary N) is 1. The third kappa shape index (κ3) is 3.72. The average Bonchev–Trinajstić information content (AvgIpc) is 2.93. The Balaban J connectivity index is 2.20. The van der Waals surface area contributed by atoms with Crippen LogP contribution >= 0.6 is 38.9 Å². The molecule has 0 aliphatic heterocycles. The molecule has 1 aromatic heterocycles. The van der Waals surface area contributed by atoms with Crippen molar-refractivity contribution in [3.8, 4) is 0 Å². The van der Waals surface area contributed by atoms with Gasteiger partial charge in [-0.3, -0.25) is 0 Å². The van der Waals surface area contributed by atoms with Crippen molar-refractivity contribution in [3.63, 3.8) is 0 Å². The molecule has 0 aliphatic carbocycles. The van der Waals surface area contributed by atoms with Crippen LogP contribution in [-0.4, -0.2) is 19.9 Å². The smallest absolute Gasteiger partial charge is 0.243 e. The van der Waals surface area contributed by atoms with Crippen molar-refractivity contribution in [1.82, 2.24) is 9.71 Å². The first kappa shape index (κ1) is 16.6. The molecule has 0 bridgehead atoms. The quantitative estimate of drug-likeness (QED) is 0.582. The van der Waals surface area contributed by atoms with Crippen molar-refractivity contribution in [2.45, 2.75) is 11.3 Å². The number of nitrogen functional groups attached to an aromatic ring is 1. The third-order valence-electron chi connectivity index (χ3n) is 2.60. The highest BCUT2D eigenvalue weighted by molar-refractivity contribution is 9.10. The summed E-state index contributed by atoms with van der Waals surface area (Å²) in [5, 5.41) is 1.83. The van der Waals surface area contributed by atoms with E-state index in [0.29, 0.717) is 6.42 Å². The van der Waals surface area contributed by atoms with Crippen LogP contribution in [0.15, 0.2) is 26.3 Å². The molecule has 0 fully saturated rings. The number of hydrogen-bond donors (Lipinski definition) is 2. The molecule has 0 unspecified atom stereocenters. The Morgan fingerprint density at radius 2 is 2.24 bits per heavy atom. The number of aromatic nitrogens is 1. The van der Waals surface area contributed by atoms with Crippen LogP contribution in [0.2, 0.25) is 5.02 Å². The molecule has 5 nitrogen and oxygen atoms in total. The zero-order valence-corrected chi connectivity index (χ0v) is 14.4. The van der Waals surface area contributed by atoms with E-state index in [-0.39, 0.29) is 21.7 Å². The number of thiazole rings is 1. The van der Waals surface area contributed by atoms with Gasteiger partial charge in [0.15, 0.2) is 5.82 Å². The molecule has 0 atom stereocenters. The maximum atomic E-state index is 14.0. The van der Waals surface area contributed by atoms with Gasteiger partial charge in [0.1, 0.15) is 4.90 Å². The maximum absolute atomic E-state index is 14.0. The molecule has 0 radical (unpaired) electrons. The molecule has 0 amide bonds. The van der Waals surface area contributed by atoms with Gasteiger partial charge in [-0.15, -0.1) is 11.3 Å². The van der Waals surface area contributed by atoms with Crippen LogP contribution in [0.1, 0.15) is 5.69 Å². The Hall–Kier alpha value is -0.740. The first-order chi connectivity index (χ1) is 9.83. The SMILES string of the molecule is Nc1c(F)c(S(=O)(=O)NCCc2cscn2)cc(Cl)c1Br. The highest BCUT2D eigenvalue weighted by Crippen LogP contribution is 2.34. The van der Waals surface area contributed by atoms with E-state index in [9.17, 15) is 12.8 Å². The van der Waals surface area contributed by atoms with Crippen LogP contribution in [0.4, 0.5) is 10.1 Å². The van der Waals surface area contributed by atoms with Gasteiger partial charge in [0.05, 0.1) is 26.4 Å². The van der Waals surface area contributed by atoms with Crippen LogP contribution in [0.5, 0.6) is 0 Å². The standard InChI is InChI=1S/C11H10BrClFN3O2S2/c12-9-7(13)3-8(10(14)11(9)15)21(18,19)17-2-1-6-4-20-5-16-6/h3-5,17H,1-2,15H2. The zero-order chi connectivity index (χ0) is 15.6. The van der Waals surface area contributed by atoms with Crippen molar-refractivity contribution in [2.75, 3.05) is 12.3 Å². The van der Waals surface area contributed by atoms with E-state index in [4.69, 9.17) is 17.3 Å². The van der Waals surface area contributed by atoms with E-state index in [1.807, 2.05) is 5.38 Å². The summed E-state index contributed by atoms with van der Waals surface area (Å²) in [5.74, 6) is -1.03. The monoisotopic (exact) mass is 413 g/mol. The Kier molecular flexibility index (Phi) is 5.20. The van der Waals surface area contributed by atoms with Gasteiger partial charge in [0, 0.05) is 18.3 Å².